The summed E-state index contributed by atoms with van der Waals surface area (Å²) >= 11 is 12.2. The summed E-state index contributed by atoms with van der Waals surface area (Å²) in [6.07, 6.45) is 4.46. The number of rotatable bonds is 12. The van der Waals surface area contributed by atoms with Gasteiger partial charge in [0.1, 0.15) is 6.54 Å². The van der Waals surface area contributed by atoms with Crippen molar-refractivity contribution in [2.24, 2.45) is 7.05 Å². The monoisotopic (exact) mass is 467 g/mol. The molecule has 0 fully saturated rings. The molecule has 0 unspecified atom stereocenters. The van der Waals surface area contributed by atoms with E-state index < -0.39 is 0 Å². The Morgan fingerprint density at radius 2 is 1.74 bits per heavy atom. The summed E-state index contributed by atoms with van der Waals surface area (Å²) in [6.45, 7) is 4.12. The fourth-order valence-corrected chi connectivity index (χ4v) is 3.80. The predicted octanol–water partition coefficient (Wildman–Crippen LogP) is 4.64. The smallest absolute Gasteiger partial charge is 0.254 e. The number of halogens is 2. The maximum atomic E-state index is 13.2. The lowest BCUT2D eigenvalue weighted by molar-refractivity contribution is -0.132. The van der Waals surface area contributed by atoms with Gasteiger partial charge in [-0.3, -0.25) is 9.59 Å². The van der Waals surface area contributed by atoms with Crippen molar-refractivity contribution >= 4 is 35.0 Å². The van der Waals surface area contributed by atoms with Crippen LogP contribution >= 0.6 is 23.2 Å². The third-order valence-corrected chi connectivity index (χ3v) is 5.47. The van der Waals surface area contributed by atoms with Crippen LogP contribution in [0.3, 0.4) is 0 Å². The number of hydrogen-bond donors (Lipinski definition) is 0. The zero-order valence-corrected chi connectivity index (χ0v) is 20.0. The first-order valence-corrected chi connectivity index (χ1v) is 11.2. The van der Waals surface area contributed by atoms with Crippen LogP contribution in [0, 0.1) is 0 Å². The first-order valence-electron chi connectivity index (χ1n) is 10.5. The first kappa shape index (κ1) is 25.2. The number of aromatic nitrogens is 1. The highest BCUT2D eigenvalue weighted by Crippen LogP contribution is 2.20. The van der Waals surface area contributed by atoms with E-state index >= 15 is 0 Å². The maximum Gasteiger partial charge on any atom is 0.254 e. The minimum absolute atomic E-state index is 0.0131. The minimum Gasteiger partial charge on any atom is -0.385 e. The van der Waals surface area contributed by atoms with Crippen molar-refractivity contribution in [2.45, 2.75) is 32.7 Å². The van der Waals surface area contributed by atoms with Gasteiger partial charge in [0, 0.05) is 61.4 Å². The molecule has 0 aliphatic carbocycles. The lowest BCUT2D eigenvalue weighted by Crippen LogP contribution is -2.43. The van der Waals surface area contributed by atoms with Gasteiger partial charge < -0.3 is 19.1 Å². The normalized spacial score (nSPS) is 10.9. The number of carbonyl (C=O) groups excluding carboxylic acids is 2. The molecule has 0 saturated carbocycles. The summed E-state index contributed by atoms with van der Waals surface area (Å²) in [5.41, 5.74) is 1.41. The number of ether oxygens (including phenoxy) is 1. The molecule has 170 valence electrons. The number of methoxy groups -OCH3 is 1. The van der Waals surface area contributed by atoms with Crippen LogP contribution in [-0.4, -0.2) is 59.5 Å². The van der Waals surface area contributed by atoms with Gasteiger partial charge in [0.05, 0.1) is 6.54 Å². The summed E-state index contributed by atoms with van der Waals surface area (Å²) in [7, 11) is 3.57. The van der Waals surface area contributed by atoms with Crippen LogP contribution in [0.15, 0.2) is 36.5 Å². The molecule has 0 radical (unpaired) electrons. The maximum absolute atomic E-state index is 13.2. The Balaban J connectivity index is 2.20. The van der Waals surface area contributed by atoms with Gasteiger partial charge in [0.2, 0.25) is 5.91 Å². The molecule has 2 rings (SSSR count). The molecule has 1 aromatic carbocycles. The topological polar surface area (TPSA) is 54.8 Å². The summed E-state index contributed by atoms with van der Waals surface area (Å²) in [5, 5.41) is 0.764. The fraction of sp³-hybridized carbons (Fsp3) is 0.478. The number of unbranched alkanes of at least 4 members (excludes halogenated alkanes) is 1. The second kappa shape index (κ2) is 12.7. The number of benzene rings is 1. The third-order valence-electron chi connectivity index (χ3n) is 5.04. The molecule has 0 atom stereocenters. The van der Waals surface area contributed by atoms with Crippen LogP contribution in [0.5, 0.6) is 0 Å². The Kier molecular flexibility index (Phi) is 10.4. The zero-order chi connectivity index (χ0) is 22.8. The molecular weight excluding hydrogens is 437 g/mol. The second-order valence-electron chi connectivity index (χ2n) is 7.51. The number of aryl methyl sites for hydroxylation is 1. The SMILES string of the molecule is CCCCN(Cc1cccn1C)C(=O)CN(CCCOC)C(=O)c1cc(Cl)cc(Cl)c1. The van der Waals surface area contributed by atoms with Gasteiger partial charge in [-0.2, -0.15) is 0 Å². The van der Waals surface area contributed by atoms with E-state index in [9.17, 15) is 9.59 Å². The van der Waals surface area contributed by atoms with Crippen molar-refractivity contribution in [3.05, 3.63) is 57.8 Å². The molecular formula is C23H31Cl2N3O3. The average Bonchev–Trinajstić information content (AvgIpc) is 3.13. The molecule has 31 heavy (non-hydrogen) atoms. The van der Waals surface area contributed by atoms with Crippen molar-refractivity contribution < 1.29 is 14.3 Å². The highest BCUT2D eigenvalue weighted by atomic mass is 35.5. The molecule has 2 aromatic rings. The summed E-state index contributed by atoms with van der Waals surface area (Å²) in [5.74, 6) is -0.364. The third kappa shape index (κ3) is 7.87. The van der Waals surface area contributed by atoms with Crippen LogP contribution in [0.1, 0.15) is 42.2 Å². The van der Waals surface area contributed by atoms with Crippen LogP contribution in [0.4, 0.5) is 0 Å². The summed E-state index contributed by atoms with van der Waals surface area (Å²) in [6, 6.07) is 8.68. The van der Waals surface area contributed by atoms with E-state index in [-0.39, 0.29) is 18.4 Å². The van der Waals surface area contributed by atoms with E-state index in [1.54, 1.807) is 30.2 Å². The minimum atomic E-state index is -0.275. The molecule has 0 bridgehead atoms. The Bertz CT molecular complexity index is 849. The van der Waals surface area contributed by atoms with E-state index in [4.69, 9.17) is 27.9 Å². The molecule has 8 heteroatoms. The van der Waals surface area contributed by atoms with Crippen LogP contribution in [0.2, 0.25) is 10.0 Å². The molecule has 2 amide bonds. The number of carbonyl (C=O) groups is 2. The van der Waals surface area contributed by atoms with Crippen molar-refractivity contribution in [2.75, 3.05) is 33.4 Å². The molecule has 0 spiro atoms. The highest BCUT2D eigenvalue weighted by molar-refractivity contribution is 6.35. The Morgan fingerprint density at radius 1 is 1.06 bits per heavy atom. The Hall–Kier alpha value is -2.02. The van der Waals surface area contributed by atoms with Gasteiger partial charge in [0.15, 0.2) is 0 Å². The van der Waals surface area contributed by atoms with E-state index in [0.717, 1.165) is 18.5 Å². The fourth-order valence-electron chi connectivity index (χ4n) is 3.27. The van der Waals surface area contributed by atoms with E-state index in [2.05, 4.69) is 6.92 Å². The lowest BCUT2D eigenvalue weighted by Gasteiger charge is -2.28. The molecule has 1 aromatic heterocycles. The molecule has 1 heterocycles. The van der Waals surface area contributed by atoms with E-state index in [1.807, 2.05) is 34.8 Å². The van der Waals surface area contributed by atoms with Gasteiger partial charge in [-0.05, 0) is 43.2 Å². The van der Waals surface area contributed by atoms with Crippen LogP contribution < -0.4 is 0 Å². The van der Waals surface area contributed by atoms with Crippen molar-refractivity contribution in [3.63, 3.8) is 0 Å². The molecule has 0 N–H and O–H groups in total. The molecule has 6 nitrogen and oxygen atoms in total. The van der Waals surface area contributed by atoms with Crippen molar-refractivity contribution in [1.82, 2.24) is 14.4 Å². The number of nitrogens with zero attached hydrogens (tertiary/aromatic N) is 3. The van der Waals surface area contributed by atoms with E-state index in [1.165, 1.54) is 0 Å². The Morgan fingerprint density at radius 3 is 2.32 bits per heavy atom. The van der Waals surface area contributed by atoms with Crippen molar-refractivity contribution in [3.8, 4) is 0 Å². The van der Waals surface area contributed by atoms with Gasteiger partial charge in [-0.15, -0.1) is 0 Å². The largest absolute Gasteiger partial charge is 0.385 e. The summed E-state index contributed by atoms with van der Waals surface area (Å²) in [4.78, 5) is 29.8. The van der Waals surface area contributed by atoms with Crippen LogP contribution in [-0.2, 0) is 23.1 Å². The molecule has 0 saturated heterocycles. The van der Waals surface area contributed by atoms with Gasteiger partial charge in [-0.25, -0.2) is 0 Å². The first-order chi connectivity index (χ1) is 14.8. The highest BCUT2D eigenvalue weighted by Gasteiger charge is 2.23. The molecule has 0 aliphatic rings. The zero-order valence-electron chi connectivity index (χ0n) is 18.4. The summed E-state index contributed by atoms with van der Waals surface area (Å²) < 4.78 is 7.13. The molecule has 0 aliphatic heterocycles. The second-order valence-corrected chi connectivity index (χ2v) is 8.38. The number of amides is 2. The quantitative estimate of drug-likeness (QED) is 0.427. The standard InChI is InChI=1S/C23H31Cl2N3O3/c1-4-5-10-27(16-21-8-6-9-26(21)2)22(29)17-28(11-7-12-31-3)23(30)18-13-19(24)15-20(25)14-18/h6,8-9,13-15H,4-5,7,10-12,16-17H2,1-3H3. The van der Waals surface area contributed by atoms with Gasteiger partial charge in [0.25, 0.3) is 5.91 Å². The average molecular weight is 468 g/mol. The van der Waals surface area contributed by atoms with E-state index in [0.29, 0.717) is 48.3 Å². The van der Waals surface area contributed by atoms with Crippen molar-refractivity contribution in [1.29, 1.82) is 0 Å². The van der Waals surface area contributed by atoms with Gasteiger partial charge in [-0.1, -0.05) is 36.5 Å². The Labute approximate surface area is 194 Å². The number of hydrogen-bond acceptors (Lipinski definition) is 3. The predicted molar refractivity (Wildman–Crippen MR) is 125 cm³/mol. The van der Waals surface area contributed by atoms with Gasteiger partial charge >= 0.3 is 0 Å². The van der Waals surface area contributed by atoms with Crippen LogP contribution in [0.25, 0.3) is 0 Å². The lowest BCUT2D eigenvalue weighted by atomic mass is 10.2.